The lowest BCUT2D eigenvalue weighted by Gasteiger charge is -2.43. The predicted molar refractivity (Wildman–Crippen MR) is 71.9 cm³/mol. The van der Waals surface area contributed by atoms with Gasteiger partial charge in [-0.3, -0.25) is 0 Å². The summed E-state index contributed by atoms with van der Waals surface area (Å²) < 4.78 is 225. The molecule has 1 unspecified atom stereocenters. The van der Waals surface area contributed by atoms with Crippen molar-refractivity contribution in [2.75, 3.05) is 0 Å². The molecule has 33 heavy (non-hydrogen) atoms. The van der Waals surface area contributed by atoms with E-state index in [-0.39, 0.29) is 0 Å². The Balaban J connectivity index is 3.64. The summed E-state index contributed by atoms with van der Waals surface area (Å²) in [4.78, 5) is 0. The van der Waals surface area contributed by atoms with Crippen LogP contribution >= 0.6 is 0 Å². The number of halogens is 17. The summed E-state index contributed by atoms with van der Waals surface area (Å²) in [5.74, 6) is -49.3. The summed E-state index contributed by atoms with van der Waals surface area (Å²) in [6.45, 7) is -2.04. The van der Waals surface area contributed by atoms with Crippen molar-refractivity contribution in [3.8, 4) is 0 Å². The van der Waals surface area contributed by atoms with E-state index in [0.29, 0.717) is 12.1 Å². The number of ether oxygens (including phenoxy) is 1. The zero-order chi connectivity index (χ0) is 26.5. The van der Waals surface area contributed by atoms with E-state index in [2.05, 4.69) is 4.74 Å². The van der Waals surface area contributed by atoms with E-state index in [9.17, 15) is 74.6 Å². The van der Waals surface area contributed by atoms with E-state index in [1.54, 1.807) is 0 Å². The van der Waals surface area contributed by atoms with E-state index in [4.69, 9.17) is 0 Å². The van der Waals surface area contributed by atoms with E-state index in [0.717, 1.165) is 18.2 Å². The number of hydrogen-bond donors (Lipinski definition) is 0. The molecule has 0 aliphatic heterocycles. The molecule has 0 heterocycles. The summed E-state index contributed by atoms with van der Waals surface area (Å²) in [5.41, 5.74) is -0.691. The molecule has 0 bridgehead atoms. The van der Waals surface area contributed by atoms with Gasteiger partial charge in [0.2, 0.25) is 0 Å². The minimum Gasteiger partial charge on any atom is -0.329 e. The lowest BCUT2D eigenvalue weighted by molar-refractivity contribution is -0.484. The minimum absolute atomic E-state index is 0.691. The summed E-state index contributed by atoms with van der Waals surface area (Å²) >= 11 is 0. The van der Waals surface area contributed by atoms with Gasteiger partial charge >= 0.3 is 47.8 Å². The fraction of sp³-hybridized carbons (Fsp3) is 0.600. The van der Waals surface area contributed by atoms with Crippen LogP contribution in [0.5, 0.6) is 0 Å². The highest BCUT2D eigenvalue weighted by molar-refractivity contribution is 5.16. The lowest BCUT2D eigenvalue weighted by atomic mass is 9.90. The van der Waals surface area contributed by atoms with Gasteiger partial charge in [-0.25, -0.2) is 0 Å². The zero-order valence-corrected chi connectivity index (χ0v) is 14.9. The Morgan fingerprint density at radius 3 is 1.18 bits per heavy atom. The molecule has 1 nitrogen and oxygen atoms in total. The Hall–Kier alpha value is -2.01. The van der Waals surface area contributed by atoms with Gasteiger partial charge in [0, 0.05) is 0 Å². The van der Waals surface area contributed by atoms with Gasteiger partial charge in [0.05, 0.1) is 6.61 Å². The molecule has 0 N–H and O–H groups in total. The van der Waals surface area contributed by atoms with Crippen LogP contribution in [0, 0.1) is 0 Å². The number of hydrogen-bond acceptors (Lipinski definition) is 1. The van der Waals surface area contributed by atoms with Gasteiger partial charge in [0.1, 0.15) is 0 Å². The van der Waals surface area contributed by atoms with Crippen LogP contribution in [0.3, 0.4) is 0 Å². The van der Waals surface area contributed by atoms with E-state index >= 15 is 0 Å². The van der Waals surface area contributed by atoms with Crippen molar-refractivity contribution < 1.29 is 79.4 Å². The third-order valence-corrected chi connectivity index (χ3v) is 3.98. The van der Waals surface area contributed by atoms with Crippen molar-refractivity contribution in [2.45, 2.75) is 54.4 Å². The maximum absolute atomic E-state index is 14.1. The SMILES string of the molecule is FC(F)(F)C(F)(F)C(F)(F)C(F)(F)C(F)(F)C(F)(F)C(F)(OCc1ccccc1)C(F)(F)F. The average molecular weight is 526 g/mol. The maximum atomic E-state index is 14.1. The molecule has 0 radical (unpaired) electrons. The lowest BCUT2D eigenvalue weighted by Crippen LogP contribution is -2.75. The molecule has 18 heteroatoms. The maximum Gasteiger partial charge on any atom is 0.460 e. The molecule has 1 rings (SSSR count). The Labute approximate surface area is 171 Å². The normalized spacial score (nSPS) is 17.1. The second kappa shape index (κ2) is 8.04. The second-order valence-electron chi connectivity index (χ2n) is 6.24. The summed E-state index contributed by atoms with van der Waals surface area (Å²) in [6, 6.07) is 4.46. The monoisotopic (exact) mass is 526 g/mol. The quantitative estimate of drug-likeness (QED) is 0.327. The average Bonchev–Trinajstić information content (AvgIpc) is 2.64. The van der Waals surface area contributed by atoms with Gasteiger partial charge < -0.3 is 4.74 Å². The number of benzene rings is 1. The molecule has 0 amide bonds. The van der Waals surface area contributed by atoms with E-state index < -0.39 is 60.0 Å². The van der Waals surface area contributed by atoms with E-state index in [1.165, 1.54) is 0 Å². The second-order valence-corrected chi connectivity index (χ2v) is 6.24. The van der Waals surface area contributed by atoms with Gasteiger partial charge in [-0.1, -0.05) is 30.3 Å². The predicted octanol–water partition coefficient (Wildman–Crippen LogP) is 7.17. The van der Waals surface area contributed by atoms with Crippen LogP contribution in [0.1, 0.15) is 5.56 Å². The molecular formula is C15H7F17O. The van der Waals surface area contributed by atoms with Crippen LogP contribution in [0.4, 0.5) is 74.6 Å². The highest BCUT2D eigenvalue weighted by Crippen LogP contribution is 2.64. The Morgan fingerprint density at radius 2 is 0.818 bits per heavy atom. The molecule has 0 saturated carbocycles. The minimum atomic E-state index is -8.61. The molecular weight excluding hydrogens is 519 g/mol. The zero-order valence-electron chi connectivity index (χ0n) is 14.9. The van der Waals surface area contributed by atoms with Gasteiger partial charge in [-0.2, -0.15) is 74.6 Å². The summed E-state index contributed by atoms with van der Waals surface area (Å²) in [7, 11) is 0. The van der Waals surface area contributed by atoms with Crippen LogP contribution in [0.25, 0.3) is 0 Å². The van der Waals surface area contributed by atoms with Crippen molar-refractivity contribution in [1.82, 2.24) is 0 Å². The van der Waals surface area contributed by atoms with Crippen molar-refractivity contribution in [3.05, 3.63) is 35.9 Å². The van der Waals surface area contributed by atoms with Gasteiger partial charge in [0.15, 0.2) is 0 Å². The Kier molecular flexibility index (Phi) is 7.07. The van der Waals surface area contributed by atoms with Crippen molar-refractivity contribution in [3.63, 3.8) is 0 Å². The number of alkyl halides is 17. The van der Waals surface area contributed by atoms with Gasteiger partial charge in [-0.05, 0) is 5.56 Å². The fourth-order valence-corrected chi connectivity index (χ4v) is 2.08. The molecule has 0 saturated heterocycles. The molecule has 1 aromatic carbocycles. The van der Waals surface area contributed by atoms with Crippen LogP contribution < -0.4 is 0 Å². The largest absolute Gasteiger partial charge is 0.460 e. The van der Waals surface area contributed by atoms with Crippen LogP contribution in [-0.2, 0) is 11.3 Å². The van der Waals surface area contributed by atoms with Crippen molar-refractivity contribution in [2.24, 2.45) is 0 Å². The third-order valence-electron chi connectivity index (χ3n) is 3.98. The standard InChI is InChI=1S/C15H7F17O/c16-8(17,10(20,21)12(24,25)14(27,28)29)9(18,19)11(22,23)13(26,15(30,31)32)33-6-7-4-2-1-3-5-7/h1-5H,6H2. The molecule has 1 aromatic rings. The topological polar surface area (TPSA) is 9.23 Å². The highest BCUT2D eigenvalue weighted by Gasteiger charge is 2.95. The first-order valence-corrected chi connectivity index (χ1v) is 7.72. The smallest absolute Gasteiger partial charge is 0.329 e. The van der Waals surface area contributed by atoms with Crippen LogP contribution in [0.15, 0.2) is 30.3 Å². The van der Waals surface area contributed by atoms with Gasteiger partial charge in [-0.15, -0.1) is 0 Å². The Bertz CT molecular complexity index is 810. The molecule has 0 aliphatic rings. The first-order valence-electron chi connectivity index (χ1n) is 7.72. The molecule has 0 aliphatic carbocycles. The molecule has 1 atom stereocenters. The first kappa shape index (κ1) is 29.0. The van der Waals surface area contributed by atoms with Crippen LogP contribution in [0.2, 0.25) is 0 Å². The fourth-order valence-electron chi connectivity index (χ4n) is 2.08. The Morgan fingerprint density at radius 1 is 0.455 bits per heavy atom. The molecule has 192 valence electrons. The number of rotatable bonds is 8. The first-order chi connectivity index (χ1) is 14.3. The molecule has 0 fully saturated rings. The third kappa shape index (κ3) is 4.18. The van der Waals surface area contributed by atoms with Gasteiger partial charge in [0.25, 0.3) is 0 Å². The van der Waals surface area contributed by atoms with E-state index in [1.807, 2.05) is 0 Å². The van der Waals surface area contributed by atoms with Crippen LogP contribution in [-0.4, -0.2) is 47.8 Å². The van der Waals surface area contributed by atoms with Crippen molar-refractivity contribution >= 4 is 0 Å². The molecule has 0 aromatic heterocycles. The molecule has 0 spiro atoms. The summed E-state index contributed by atoms with van der Waals surface area (Å²) in [6.07, 6.45) is -15.2. The highest BCUT2D eigenvalue weighted by atomic mass is 19.4. The van der Waals surface area contributed by atoms with Crippen molar-refractivity contribution in [1.29, 1.82) is 0 Å². The summed E-state index contributed by atoms with van der Waals surface area (Å²) in [5, 5.41) is 0.